The van der Waals surface area contributed by atoms with Gasteiger partial charge in [-0.3, -0.25) is 14.9 Å². The Labute approximate surface area is 299 Å². The molecule has 0 spiro atoms. The molecule has 4 aromatic rings. The van der Waals surface area contributed by atoms with Crippen LogP contribution < -0.4 is 10.1 Å². The molecule has 1 saturated heterocycles. The lowest BCUT2D eigenvalue weighted by Gasteiger charge is -2.39. The summed E-state index contributed by atoms with van der Waals surface area (Å²) in [6.45, 7) is 7.69. The first-order valence-electron chi connectivity index (χ1n) is 17.6. The molecule has 9 nitrogen and oxygen atoms in total. The number of aliphatic carboxylic acids is 1. The SMILES string of the molecule is COC(N[C@@H](Cc1ccc(-c2ncc(-c3ccc(OCCC4CCCC4)cc3)cn2)cc1)C(=O)N1CC(C(=O)O)C1)c1ccc(C(C)(C)C)s1. The third kappa shape index (κ3) is 8.78. The first-order chi connectivity index (χ1) is 24.1. The molecule has 2 atom stereocenters. The Morgan fingerprint density at radius 2 is 1.60 bits per heavy atom. The summed E-state index contributed by atoms with van der Waals surface area (Å²) in [7, 11) is 1.63. The minimum atomic E-state index is -0.875. The molecule has 2 aromatic heterocycles. The first kappa shape index (κ1) is 35.7. The van der Waals surface area contributed by atoms with Crippen LogP contribution in [0.4, 0.5) is 0 Å². The number of aromatic nitrogens is 2. The first-order valence-corrected chi connectivity index (χ1v) is 18.4. The van der Waals surface area contributed by atoms with Crippen LogP contribution in [0.25, 0.3) is 22.5 Å². The van der Waals surface area contributed by atoms with Gasteiger partial charge in [0.2, 0.25) is 5.91 Å². The highest BCUT2D eigenvalue weighted by Gasteiger charge is 2.39. The van der Waals surface area contributed by atoms with E-state index in [4.69, 9.17) is 9.47 Å². The van der Waals surface area contributed by atoms with Crippen molar-refractivity contribution in [3.63, 3.8) is 0 Å². The Kier molecular flexibility index (Phi) is 11.3. The predicted molar refractivity (Wildman–Crippen MR) is 196 cm³/mol. The molecule has 6 rings (SSSR count). The van der Waals surface area contributed by atoms with E-state index in [0.29, 0.717) is 12.2 Å². The number of carboxylic acids is 1. The van der Waals surface area contributed by atoms with Gasteiger partial charge in [-0.2, -0.15) is 0 Å². The summed E-state index contributed by atoms with van der Waals surface area (Å²) in [5.41, 5.74) is 3.78. The second-order valence-electron chi connectivity index (χ2n) is 14.6. The van der Waals surface area contributed by atoms with Gasteiger partial charge in [-0.15, -0.1) is 11.3 Å². The van der Waals surface area contributed by atoms with Gasteiger partial charge in [0.1, 0.15) is 12.0 Å². The summed E-state index contributed by atoms with van der Waals surface area (Å²) in [6, 6.07) is 19.6. The third-order valence-corrected chi connectivity index (χ3v) is 11.4. The van der Waals surface area contributed by atoms with Gasteiger partial charge < -0.3 is 19.5 Å². The number of ether oxygens (including phenoxy) is 2. The Morgan fingerprint density at radius 1 is 0.940 bits per heavy atom. The van der Waals surface area contributed by atoms with E-state index < -0.39 is 24.2 Å². The summed E-state index contributed by atoms with van der Waals surface area (Å²) >= 11 is 1.66. The molecule has 10 heteroatoms. The molecule has 50 heavy (non-hydrogen) atoms. The quantitative estimate of drug-likeness (QED) is 0.130. The van der Waals surface area contributed by atoms with Gasteiger partial charge in [-0.1, -0.05) is 82.9 Å². The maximum atomic E-state index is 13.7. The van der Waals surface area contributed by atoms with Crippen molar-refractivity contribution in [1.29, 1.82) is 0 Å². The summed E-state index contributed by atoms with van der Waals surface area (Å²) in [6.07, 6.45) is 10.1. The summed E-state index contributed by atoms with van der Waals surface area (Å²) in [5.74, 6) is 0.780. The Balaban J connectivity index is 1.10. The van der Waals surface area contributed by atoms with Crippen LogP contribution in [0.5, 0.6) is 5.75 Å². The largest absolute Gasteiger partial charge is 0.494 e. The molecule has 264 valence electrons. The van der Waals surface area contributed by atoms with Gasteiger partial charge in [0.25, 0.3) is 0 Å². The molecule has 2 aromatic carbocycles. The molecule has 1 saturated carbocycles. The number of likely N-dealkylation sites (tertiary alicyclic amines) is 1. The number of methoxy groups -OCH3 is 1. The van der Waals surface area contributed by atoms with Gasteiger partial charge in [0, 0.05) is 53.5 Å². The summed E-state index contributed by atoms with van der Waals surface area (Å²) in [4.78, 5) is 38.2. The van der Waals surface area contributed by atoms with Crippen molar-refractivity contribution in [3.8, 4) is 28.3 Å². The lowest BCUT2D eigenvalue weighted by molar-refractivity contribution is -0.154. The number of carboxylic acid groups (broad SMARTS) is 1. The Morgan fingerprint density at radius 3 is 2.20 bits per heavy atom. The predicted octanol–water partition coefficient (Wildman–Crippen LogP) is 7.52. The molecule has 1 aliphatic heterocycles. The van der Waals surface area contributed by atoms with Crippen LogP contribution >= 0.6 is 11.3 Å². The molecule has 2 aliphatic rings. The number of benzene rings is 2. The average Bonchev–Trinajstić information content (AvgIpc) is 3.80. The molecule has 1 aliphatic carbocycles. The van der Waals surface area contributed by atoms with Crippen LogP contribution in [0.15, 0.2) is 73.1 Å². The van der Waals surface area contributed by atoms with Gasteiger partial charge in [0.05, 0.1) is 18.6 Å². The fraction of sp³-hybridized carbons (Fsp3) is 0.450. The minimum absolute atomic E-state index is 0.000235. The number of nitrogens with one attached hydrogen (secondary N) is 1. The highest BCUT2D eigenvalue weighted by molar-refractivity contribution is 7.12. The van der Waals surface area contributed by atoms with Crippen LogP contribution in [0, 0.1) is 11.8 Å². The molecule has 3 heterocycles. The van der Waals surface area contributed by atoms with Gasteiger partial charge >= 0.3 is 5.97 Å². The number of amides is 1. The van der Waals surface area contributed by atoms with Gasteiger partial charge in [0.15, 0.2) is 5.82 Å². The fourth-order valence-electron chi connectivity index (χ4n) is 6.64. The van der Waals surface area contributed by atoms with E-state index in [1.165, 1.54) is 30.6 Å². The topological polar surface area (TPSA) is 114 Å². The van der Waals surface area contributed by atoms with Crippen molar-refractivity contribution in [2.24, 2.45) is 11.8 Å². The number of carbonyl (C=O) groups is 2. The smallest absolute Gasteiger partial charge is 0.310 e. The van der Waals surface area contributed by atoms with Gasteiger partial charge in [-0.05, 0) is 59.6 Å². The van der Waals surface area contributed by atoms with Crippen molar-refractivity contribution in [2.75, 3.05) is 26.8 Å². The van der Waals surface area contributed by atoms with Crippen LogP contribution in [-0.4, -0.2) is 64.7 Å². The summed E-state index contributed by atoms with van der Waals surface area (Å²) in [5, 5.41) is 12.8. The monoisotopic (exact) mass is 696 g/mol. The number of hydrogen-bond donors (Lipinski definition) is 2. The zero-order chi connectivity index (χ0) is 35.3. The lowest BCUT2D eigenvalue weighted by atomic mass is 9.95. The molecular weight excluding hydrogens is 649 g/mol. The number of thiophene rings is 1. The van der Waals surface area contributed by atoms with Crippen LogP contribution in [0.1, 0.15) is 74.4 Å². The fourth-order valence-corrected chi connectivity index (χ4v) is 7.74. The number of hydrogen-bond acceptors (Lipinski definition) is 8. The van der Waals surface area contributed by atoms with Crippen LogP contribution in [-0.2, 0) is 26.2 Å². The number of rotatable bonds is 14. The number of nitrogens with zero attached hydrogens (tertiary/aromatic N) is 3. The van der Waals surface area contributed by atoms with Crippen molar-refractivity contribution >= 4 is 23.2 Å². The van der Waals surface area contributed by atoms with E-state index in [2.05, 4.69) is 42.1 Å². The van der Waals surface area contributed by atoms with Crippen molar-refractivity contribution in [3.05, 3.63) is 88.4 Å². The van der Waals surface area contributed by atoms with E-state index in [1.54, 1.807) is 23.3 Å². The third-order valence-electron chi connectivity index (χ3n) is 9.81. The molecule has 2 fully saturated rings. The second-order valence-corrected chi connectivity index (χ2v) is 15.7. The molecule has 1 unspecified atom stereocenters. The normalized spacial score (nSPS) is 16.6. The van der Waals surface area contributed by atoms with E-state index in [1.807, 2.05) is 67.0 Å². The van der Waals surface area contributed by atoms with Gasteiger partial charge in [-0.25, -0.2) is 9.97 Å². The van der Waals surface area contributed by atoms with E-state index in [9.17, 15) is 14.7 Å². The highest BCUT2D eigenvalue weighted by atomic mass is 32.1. The standard InChI is InChI=1S/C40H48N4O5S/c1-40(2,3)35-18-17-34(50-35)37(48-4)43-33(38(45)44-24-31(25-44)39(46)47)21-27-9-11-29(12-10-27)36-41-22-30(23-42-36)28-13-15-32(16-14-28)49-20-19-26-7-5-6-8-26/h9-18,22-23,26,31,33,37,43H,5-8,19-21,24-25H2,1-4H3,(H,46,47)/t33-,37?/m0/s1. The highest BCUT2D eigenvalue weighted by Crippen LogP contribution is 2.33. The summed E-state index contributed by atoms with van der Waals surface area (Å²) < 4.78 is 11.8. The second kappa shape index (κ2) is 15.8. The van der Waals surface area contributed by atoms with Crippen LogP contribution in [0.2, 0.25) is 0 Å². The molecular formula is C40H48N4O5S. The van der Waals surface area contributed by atoms with Crippen LogP contribution in [0.3, 0.4) is 0 Å². The molecule has 1 amide bonds. The lowest BCUT2D eigenvalue weighted by Crippen LogP contribution is -2.59. The molecule has 0 radical (unpaired) electrons. The maximum Gasteiger partial charge on any atom is 0.310 e. The molecule has 2 N–H and O–H groups in total. The number of carbonyl (C=O) groups excluding carboxylic acids is 1. The van der Waals surface area contributed by atoms with Crippen molar-refractivity contribution in [2.45, 2.75) is 77.0 Å². The maximum absolute atomic E-state index is 13.7. The minimum Gasteiger partial charge on any atom is -0.494 e. The van der Waals surface area contributed by atoms with E-state index in [-0.39, 0.29) is 24.4 Å². The Hall–Kier alpha value is -4.12. The zero-order valence-electron chi connectivity index (χ0n) is 29.4. The Bertz CT molecular complexity index is 1720. The van der Waals surface area contributed by atoms with E-state index in [0.717, 1.165) is 51.8 Å². The van der Waals surface area contributed by atoms with E-state index >= 15 is 0 Å². The zero-order valence-corrected chi connectivity index (χ0v) is 30.2. The van der Waals surface area contributed by atoms with Crippen molar-refractivity contribution < 1.29 is 24.2 Å². The molecule has 0 bridgehead atoms. The van der Waals surface area contributed by atoms with Crippen molar-refractivity contribution in [1.82, 2.24) is 20.2 Å². The average molecular weight is 697 g/mol.